The second kappa shape index (κ2) is 10.4. The molecule has 0 saturated carbocycles. The highest BCUT2D eigenvalue weighted by atomic mass is 16.6. The predicted octanol–water partition coefficient (Wildman–Crippen LogP) is 4.03. The molecule has 178 valence electrons. The normalized spacial score (nSPS) is 19.7. The molecular weight excluding hydrogens is 436 g/mol. The second-order valence-corrected chi connectivity index (χ2v) is 9.01. The van der Waals surface area contributed by atoms with Gasteiger partial charge in [-0.05, 0) is 45.0 Å². The van der Waals surface area contributed by atoms with E-state index in [0.717, 1.165) is 0 Å². The Hall–Kier alpha value is -3.86. The van der Waals surface area contributed by atoms with Crippen LogP contribution in [-0.4, -0.2) is 54.1 Å². The fourth-order valence-corrected chi connectivity index (χ4v) is 3.97. The minimum atomic E-state index is -1.03. The van der Waals surface area contributed by atoms with E-state index < -0.39 is 35.6 Å². The molecule has 0 bridgehead atoms. The summed E-state index contributed by atoms with van der Waals surface area (Å²) in [5.74, 6) is -1.73. The van der Waals surface area contributed by atoms with Crippen molar-refractivity contribution in [3.05, 3.63) is 71.6 Å². The Morgan fingerprint density at radius 1 is 1.06 bits per heavy atom. The molecule has 1 heterocycles. The molecule has 0 N–H and O–H groups in total. The summed E-state index contributed by atoms with van der Waals surface area (Å²) in [4.78, 5) is 43.7. The molecule has 1 aliphatic heterocycles. The zero-order chi connectivity index (χ0) is 24.9. The minimum Gasteiger partial charge on any atom is -0.488 e. The highest BCUT2D eigenvalue weighted by molar-refractivity contribution is 5.97. The lowest BCUT2D eigenvalue weighted by Gasteiger charge is -2.27. The molecule has 2 aromatic carbocycles. The number of nitrogens with zero attached hydrogens (tertiary/aromatic N) is 2. The minimum absolute atomic E-state index is 0.0749. The van der Waals surface area contributed by atoms with Gasteiger partial charge in [0, 0.05) is 11.5 Å². The van der Waals surface area contributed by atoms with Crippen molar-refractivity contribution >= 4 is 23.5 Å². The van der Waals surface area contributed by atoms with Gasteiger partial charge in [0.05, 0.1) is 26.6 Å². The van der Waals surface area contributed by atoms with Gasteiger partial charge in [0.1, 0.15) is 23.5 Å². The van der Waals surface area contributed by atoms with Crippen molar-refractivity contribution in [1.29, 1.82) is 0 Å². The van der Waals surface area contributed by atoms with Crippen LogP contribution in [0.25, 0.3) is 4.85 Å². The van der Waals surface area contributed by atoms with Crippen molar-refractivity contribution in [2.24, 2.45) is 5.92 Å². The highest BCUT2D eigenvalue weighted by Gasteiger charge is 2.51. The number of likely N-dealkylation sites (tertiary alicyclic amines) is 1. The van der Waals surface area contributed by atoms with Gasteiger partial charge in [0.2, 0.25) is 0 Å². The highest BCUT2D eigenvalue weighted by Crippen LogP contribution is 2.34. The fourth-order valence-electron chi connectivity index (χ4n) is 3.97. The van der Waals surface area contributed by atoms with Gasteiger partial charge in [0.15, 0.2) is 5.69 Å². The van der Waals surface area contributed by atoms with Crippen molar-refractivity contribution in [3.63, 3.8) is 0 Å². The summed E-state index contributed by atoms with van der Waals surface area (Å²) in [5.41, 5.74) is 0.161. The van der Waals surface area contributed by atoms with E-state index in [1.807, 2.05) is 0 Å². The van der Waals surface area contributed by atoms with Crippen LogP contribution in [0.4, 0.5) is 5.69 Å². The number of benzene rings is 2. The Bertz CT molecular complexity index is 1070. The number of esters is 2. The maximum atomic E-state index is 13.3. The Morgan fingerprint density at radius 3 is 2.26 bits per heavy atom. The van der Waals surface area contributed by atoms with E-state index in [0.29, 0.717) is 17.0 Å². The number of rotatable bonds is 6. The van der Waals surface area contributed by atoms with Crippen LogP contribution in [0, 0.1) is 12.5 Å². The smallest absolute Gasteiger partial charge is 0.329 e. The molecule has 1 aliphatic rings. The number of ether oxygens (including phenoxy) is 3. The number of hydrogen-bond donors (Lipinski definition) is 0. The maximum absolute atomic E-state index is 13.3. The summed E-state index contributed by atoms with van der Waals surface area (Å²) < 4.78 is 16.7. The van der Waals surface area contributed by atoms with Gasteiger partial charge < -0.3 is 19.1 Å². The first-order chi connectivity index (χ1) is 16.1. The topological polar surface area (TPSA) is 86.5 Å². The van der Waals surface area contributed by atoms with Crippen LogP contribution in [0.1, 0.15) is 37.6 Å². The summed E-state index contributed by atoms with van der Waals surface area (Å²) in [7, 11) is 1.25. The largest absolute Gasteiger partial charge is 0.488 e. The van der Waals surface area contributed by atoms with Gasteiger partial charge in [-0.15, -0.1) is 0 Å². The van der Waals surface area contributed by atoms with Crippen LogP contribution < -0.4 is 4.74 Å². The van der Waals surface area contributed by atoms with Gasteiger partial charge >= 0.3 is 11.9 Å². The molecule has 0 aromatic heterocycles. The molecule has 3 rings (SSSR count). The molecule has 0 spiro atoms. The van der Waals surface area contributed by atoms with Crippen molar-refractivity contribution in [1.82, 2.24) is 4.90 Å². The average molecular weight is 465 g/mol. The number of methoxy groups -OCH3 is 1. The second-order valence-electron chi connectivity index (χ2n) is 9.01. The summed E-state index contributed by atoms with van der Waals surface area (Å²) in [6.07, 6.45) is -0.816. The lowest BCUT2D eigenvalue weighted by atomic mass is 9.93. The molecule has 8 nitrogen and oxygen atoms in total. The molecule has 1 amide bonds. The number of carbonyl (C=O) groups is 3. The summed E-state index contributed by atoms with van der Waals surface area (Å²) in [5, 5.41) is 0. The Morgan fingerprint density at radius 2 is 1.71 bits per heavy atom. The first-order valence-electron chi connectivity index (χ1n) is 10.9. The standard InChI is InChI=1S/C26H28N2O6/c1-26(2,3)34-22(29)15-20-21(33-19-13-11-18(27-4)12-14-19)16-28(23(20)25(31)32-5)24(30)17-9-7-6-8-10-17/h6-14,20-21,23H,15-16H2,1-3,5H3/t20-,21+,23-/m0/s1. The van der Waals surface area contributed by atoms with E-state index in [9.17, 15) is 14.4 Å². The van der Waals surface area contributed by atoms with E-state index >= 15 is 0 Å². The number of amides is 1. The van der Waals surface area contributed by atoms with Crippen LogP contribution in [0.5, 0.6) is 5.75 Å². The number of carbonyl (C=O) groups excluding carboxylic acids is 3. The fraction of sp³-hybridized carbons (Fsp3) is 0.385. The van der Waals surface area contributed by atoms with Crippen LogP contribution in [-0.2, 0) is 19.1 Å². The molecule has 34 heavy (non-hydrogen) atoms. The molecule has 3 atom stereocenters. The average Bonchev–Trinajstić information content (AvgIpc) is 3.15. The molecular formula is C26H28N2O6. The molecule has 0 unspecified atom stereocenters. The van der Waals surface area contributed by atoms with Gasteiger partial charge in [0.25, 0.3) is 5.91 Å². The Balaban J connectivity index is 1.95. The molecule has 1 saturated heterocycles. The van der Waals surface area contributed by atoms with E-state index in [4.69, 9.17) is 20.8 Å². The predicted molar refractivity (Wildman–Crippen MR) is 124 cm³/mol. The molecule has 0 aliphatic carbocycles. The van der Waals surface area contributed by atoms with Gasteiger partial charge in [-0.2, -0.15) is 0 Å². The first kappa shape index (κ1) is 24.8. The summed E-state index contributed by atoms with van der Waals surface area (Å²) in [6.45, 7) is 12.5. The van der Waals surface area contributed by atoms with Crippen molar-refractivity contribution in [3.8, 4) is 5.75 Å². The van der Waals surface area contributed by atoms with Crippen molar-refractivity contribution < 1.29 is 28.6 Å². The third kappa shape index (κ3) is 5.93. The van der Waals surface area contributed by atoms with E-state index in [1.54, 1.807) is 75.4 Å². The lowest BCUT2D eigenvalue weighted by Crippen LogP contribution is -2.44. The SMILES string of the molecule is [C-]#[N+]c1ccc(O[C@@H]2CN(C(=O)c3ccccc3)[C@H](C(=O)OC)[C@H]2CC(=O)OC(C)(C)C)cc1. The lowest BCUT2D eigenvalue weighted by molar-refractivity contribution is -0.157. The van der Waals surface area contributed by atoms with Gasteiger partial charge in [-0.1, -0.05) is 30.3 Å². The Labute approximate surface area is 199 Å². The van der Waals surface area contributed by atoms with Gasteiger partial charge in [-0.3, -0.25) is 9.59 Å². The molecule has 8 heteroatoms. The summed E-state index contributed by atoms with van der Waals surface area (Å²) >= 11 is 0. The van der Waals surface area contributed by atoms with Crippen LogP contribution >= 0.6 is 0 Å². The van der Waals surface area contributed by atoms with E-state index in [-0.39, 0.29) is 18.9 Å². The van der Waals surface area contributed by atoms with E-state index in [1.165, 1.54) is 12.0 Å². The summed E-state index contributed by atoms with van der Waals surface area (Å²) in [6, 6.07) is 14.1. The monoisotopic (exact) mass is 464 g/mol. The van der Waals surface area contributed by atoms with Crippen LogP contribution in [0.15, 0.2) is 54.6 Å². The molecule has 2 aromatic rings. The third-order valence-corrected chi connectivity index (χ3v) is 5.40. The number of hydrogen-bond acceptors (Lipinski definition) is 6. The van der Waals surface area contributed by atoms with E-state index in [2.05, 4.69) is 4.85 Å². The van der Waals surface area contributed by atoms with Crippen molar-refractivity contribution in [2.45, 2.75) is 44.9 Å². The van der Waals surface area contributed by atoms with Crippen LogP contribution in [0.2, 0.25) is 0 Å². The zero-order valence-electron chi connectivity index (χ0n) is 19.7. The first-order valence-corrected chi connectivity index (χ1v) is 10.9. The third-order valence-electron chi connectivity index (χ3n) is 5.40. The molecule has 0 radical (unpaired) electrons. The Kier molecular flexibility index (Phi) is 7.57. The maximum Gasteiger partial charge on any atom is 0.329 e. The molecule has 1 fully saturated rings. The van der Waals surface area contributed by atoms with Gasteiger partial charge in [-0.25, -0.2) is 9.64 Å². The zero-order valence-corrected chi connectivity index (χ0v) is 19.7. The quantitative estimate of drug-likeness (QED) is 0.474. The van der Waals surface area contributed by atoms with Crippen LogP contribution in [0.3, 0.4) is 0 Å². The van der Waals surface area contributed by atoms with Crippen molar-refractivity contribution in [2.75, 3.05) is 13.7 Å².